The van der Waals surface area contributed by atoms with Gasteiger partial charge in [0.15, 0.2) is 0 Å². The lowest BCUT2D eigenvalue weighted by Gasteiger charge is -2.33. The predicted octanol–water partition coefficient (Wildman–Crippen LogP) is 0.650. The highest BCUT2D eigenvalue weighted by Gasteiger charge is 2.20. The smallest absolute Gasteiger partial charge is 0.246 e. The van der Waals surface area contributed by atoms with Crippen LogP contribution in [0.2, 0.25) is 0 Å². The van der Waals surface area contributed by atoms with Crippen LogP contribution in [0, 0.1) is 0 Å². The average molecular weight is 278 g/mol. The molecule has 5 nitrogen and oxygen atoms in total. The van der Waals surface area contributed by atoms with E-state index in [0.717, 1.165) is 19.6 Å². The molecule has 1 aromatic rings. The summed E-state index contributed by atoms with van der Waals surface area (Å²) >= 11 is 0. The van der Waals surface area contributed by atoms with Crippen molar-refractivity contribution in [3.8, 4) is 0 Å². The number of nitrogens with zero attached hydrogens (tertiary/aromatic N) is 1. The minimum absolute atomic E-state index is 0.0493. The summed E-state index contributed by atoms with van der Waals surface area (Å²) in [7, 11) is 1.51. The summed E-state index contributed by atoms with van der Waals surface area (Å²) in [4.78, 5) is 13.7. The number of methoxy groups -OCH3 is 1. The first-order valence-corrected chi connectivity index (χ1v) is 6.91. The Labute approximate surface area is 119 Å². The molecule has 1 unspecified atom stereocenters. The quantitative estimate of drug-likeness (QED) is 0.830. The molecular weight excluding hydrogens is 256 g/mol. The molecule has 1 atom stereocenters. The van der Waals surface area contributed by atoms with Gasteiger partial charge >= 0.3 is 0 Å². The largest absolute Gasteiger partial charge is 0.375 e. The van der Waals surface area contributed by atoms with E-state index in [1.807, 2.05) is 6.07 Å². The first kappa shape index (κ1) is 15.0. The number of hydrogen-bond acceptors (Lipinski definition) is 4. The summed E-state index contributed by atoms with van der Waals surface area (Å²) in [5.74, 6) is -0.101. The van der Waals surface area contributed by atoms with E-state index < -0.39 is 0 Å². The first-order valence-electron chi connectivity index (χ1n) is 6.91. The molecule has 1 fully saturated rings. The number of hydrogen-bond donors (Lipinski definition) is 1. The number of rotatable bonds is 6. The molecule has 0 aliphatic carbocycles. The van der Waals surface area contributed by atoms with E-state index in [1.54, 1.807) is 0 Å². The zero-order valence-corrected chi connectivity index (χ0v) is 11.9. The molecule has 0 spiro atoms. The number of amides is 1. The second kappa shape index (κ2) is 7.99. The van der Waals surface area contributed by atoms with Crippen molar-refractivity contribution in [2.24, 2.45) is 0 Å². The first-order chi connectivity index (χ1) is 9.78. The van der Waals surface area contributed by atoms with E-state index in [2.05, 4.69) is 34.5 Å². The molecule has 1 aliphatic rings. The molecule has 0 bridgehead atoms. The number of carbonyl (C=O) groups excluding carboxylic acids is 1. The number of nitrogens with one attached hydrogen (secondary N) is 1. The number of morpholine rings is 1. The Hall–Kier alpha value is -1.43. The Morgan fingerprint density at radius 3 is 3.00 bits per heavy atom. The predicted molar refractivity (Wildman–Crippen MR) is 76.3 cm³/mol. The van der Waals surface area contributed by atoms with Gasteiger partial charge in [-0.3, -0.25) is 9.69 Å². The van der Waals surface area contributed by atoms with Gasteiger partial charge in [0.05, 0.1) is 12.7 Å². The number of benzene rings is 1. The van der Waals surface area contributed by atoms with Crippen molar-refractivity contribution >= 4 is 5.91 Å². The molecule has 1 amide bonds. The fourth-order valence-corrected chi connectivity index (χ4v) is 2.30. The lowest BCUT2D eigenvalue weighted by Crippen LogP contribution is -2.47. The molecule has 1 aromatic carbocycles. The molecule has 0 radical (unpaired) electrons. The molecule has 1 aliphatic heterocycles. The summed E-state index contributed by atoms with van der Waals surface area (Å²) in [6.07, 6.45) is 0.0493. The van der Waals surface area contributed by atoms with E-state index in [4.69, 9.17) is 9.47 Å². The van der Waals surface area contributed by atoms with Gasteiger partial charge in [0.1, 0.15) is 6.61 Å². The van der Waals surface area contributed by atoms with Crippen molar-refractivity contribution < 1.29 is 14.3 Å². The van der Waals surface area contributed by atoms with Gasteiger partial charge in [-0.15, -0.1) is 0 Å². The summed E-state index contributed by atoms with van der Waals surface area (Å²) in [5.41, 5.74) is 1.30. The third-order valence-corrected chi connectivity index (χ3v) is 3.27. The fraction of sp³-hybridized carbons (Fsp3) is 0.533. The van der Waals surface area contributed by atoms with Gasteiger partial charge in [-0.1, -0.05) is 30.3 Å². The third kappa shape index (κ3) is 4.92. The van der Waals surface area contributed by atoms with Crippen molar-refractivity contribution in [2.75, 3.05) is 40.0 Å². The van der Waals surface area contributed by atoms with Crippen LogP contribution in [0.5, 0.6) is 0 Å². The summed E-state index contributed by atoms with van der Waals surface area (Å²) in [6, 6.07) is 10.4. The van der Waals surface area contributed by atoms with Gasteiger partial charge < -0.3 is 14.8 Å². The van der Waals surface area contributed by atoms with E-state index >= 15 is 0 Å². The van der Waals surface area contributed by atoms with Gasteiger partial charge in [0.2, 0.25) is 5.91 Å². The lowest BCUT2D eigenvalue weighted by molar-refractivity contribution is -0.126. The minimum Gasteiger partial charge on any atom is -0.375 e. The fourth-order valence-electron chi connectivity index (χ4n) is 2.30. The van der Waals surface area contributed by atoms with Gasteiger partial charge in [0.25, 0.3) is 0 Å². The SMILES string of the molecule is COCC(=O)NCC1CN(Cc2ccccc2)CCO1. The van der Waals surface area contributed by atoms with Crippen LogP contribution >= 0.6 is 0 Å². The normalized spacial score (nSPS) is 19.8. The Balaban J connectivity index is 1.75. The molecule has 0 aromatic heterocycles. The van der Waals surface area contributed by atoms with Gasteiger partial charge in [-0.2, -0.15) is 0 Å². The Morgan fingerprint density at radius 2 is 2.25 bits per heavy atom. The minimum atomic E-state index is -0.101. The molecule has 110 valence electrons. The van der Waals surface area contributed by atoms with Crippen molar-refractivity contribution in [1.82, 2.24) is 10.2 Å². The van der Waals surface area contributed by atoms with E-state index in [-0.39, 0.29) is 18.6 Å². The molecular formula is C15H22N2O3. The average Bonchev–Trinajstić information content (AvgIpc) is 2.47. The maximum Gasteiger partial charge on any atom is 0.246 e. The highest BCUT2D eigenvalue weighted by molar-refractivity contribution is 5.77. The Kier molecular flexibility index (Phi) is 5.98. The van der Waals surface area contributed by atoms with Crippen LogP contribution in [-0.4, -0.2) is 56.9 Å². The lowest BCUT2D eigenvalue weighted by atomic mass is 10.2. The van der Waals surface area contributed by atoms with Gasteiger partial charge in [-0.05, 0) is 5.56 Å². The zero-order valence-electron chi connectivity index (χ0n) is 11.9. The second-order valence-corrected chi connectivity index (χ2v) is 4.95. The van der Waals surface area contributed by atoms with Crippen LogP contribution in [0.4, 0.5) is 0 Å². The van der Waals surface area contributed by atoms with Crippen LogP contribution in [0.15, 0.2) is 30.3 Å². The molecule has 1 N–H and O–H groups in total. The van der Waals surface area contributed by atoms with Gasteiger partial charge in [0, 0.05) is 33.3 Å². The van der Waals surface area contributed by atoms with Crippen molar-refractivity contribution in [1.29, 1.82) is 0 Å². The third-order valence-electron chi connectivity index (χ3n) is 3.27. The van der Waals surface area contributed by atoms with Crippen molar-refractivity contribution in [2.45, 2.75) is 12.6 Å². The van der Waals surface area contributed by atoms with Crippen molar-refractivity contribution in [3.05, 3.63) is 35.9 Å². The highest BCUT2D eigenvalue weighted by Crippen LogP contribution is 2.09. The topological polar surface area (TPSA) is 50.8 Å². The van der Waals surface area contributed by atoms with Crippen LogP contribution < -0.4 is 5.32 Å². The van der Waals surface area contributed by atoms with Crippen LogP contribution in [0.25, 0.3) is 0 Å². The number of carbonyl (C=O) groups is 1. The van der Waals surface area contributed by atoms with E-state index in [1.165, 1.54) is 12.7 Å². The van der Waals surface area contributed by atoms with Gasteiger partial charge in [-0.25, -0.2) is 0 Å². The van der Waals surface area contributed by atoms with Crippen molar-refractivity contribution in [3.63, 3.8) is 0 Å². The van der Waals surface area contributed by atoms with E-state index in [0.29, 0.717) is 13.2 Å². The molecule has 1 saturated heterocycles. The van der Waals surface area contributed by atoms with Crippen LogP contribution in [-0.2, 0) is 20.8 Å². The maximum atomic E-state index is 11.4. The second-order valence-electron chi connectivity index (χ2n) is 4.95. The van der Waals surface area contributed by atoms with Crippen LogP contribution in [0.1, 0.15) is 5.56 Å². The summed E-state index contributed by atoms with van der Waals surface area (Å²) < 4.78 is 10.5. The highest BCUT2D eigenvalue weighted by atomic mass is 16.5. The number of ether oxygens (including phenoxy) is 2. The zero-order chi connectivity index (χ0) is 14.2. The van der Waals surface area contributed by atoms with E-state index in [9.17, 15) is 4.79 Å². The molecule has 0 saturated carbocycles. The standard InChI is InChI=1S/C15H22N2O3/c1-19-12-15(18)16-9-14-11-17(7-8-20-14)10-13-5-3-2-4-6-13/h2-6,14H,7-12H2,1H3,(H,16,18). The Bertz CT molecular complexity index is 411. The summed E-state index contributed by atoms with van der Waals surface area (Å²) in [5, 5.41) is 2.82. The molecule has 20 heavy (non-hydrogen) atoms. The molecule has 5 heteroatoms. The molecule has 2 rings (SSSR count). The molecule has 1 heterocycles. The Morgan fingerprint density at radius 1 is 1.45 bits per heavy atom. The maximum absolute atomic E-state index is 11.4. The monoisotopic (exact) mass is 278 g/mol. The van der Waals surface area contributed by atoms with Crippen LogP contribution in [0.3, 0.4) is 0 Å². The summed E-state index contributed by atoms with van der Waals surface area (Å²) in [6.45, 7) is 4.03.